The van der Waals surface area contributed by atoms with Gasteiger partial charge in [-0.3, -0.25) is 4.79 Å². The van der Waals surface area contributed by atoms with Crippen molar-refractivity contribution >= 4 is 17.2 Å². The van der Waals surface area contributed by atoms with E-state index in [1.807, 2.05) is 22.4 Å². The topological polar surface area (TPSA) is 68.5 Å². The van der Waals surface area contributed by atoms with Crippen LogP contribution in [0.1, 0.15) is 25.7 Å². The second kappa shape index (κ2) is 7.02. The molecule has 118 valence electrons. The second-order valence-corrected chi connectivity index (χ2v) is 6.18. The van der Waals surface area contributed by atoms with Crippen LogP contribution >= 0.6 is 11.3 Å². The number of thiophene rings is 1. The quantitative estimate of drug-likeness (QED) is 0.845. The molecule has 1 aliphatic rings. The molecule has 1 unspecified atom stereocenters. The number of morpholine rings is 1. The van der Waals surface area contributed by atoms with Gasteiger partial charge in [-0.1, -0.05) is 18.1 Å². The van der Waals surface area contributed by atoms with Gasteiger partial charge in [0.25, 0.3) is 0 Å². The minimum Gasteiger partial charge on any atom is -0.375 e. The first-order chi connectivity index (χ1) is 10.8. The van der Waals surface area contributed by atoms with E-state index in [2.05, 4.69) is 17.1 Å². The molecular weight excluding hydrogens is 302 g/mol. The first kappa shape index (κ1) is 15.2. The first-order valence-electron chi connectivity index (χ1n) is 7.52. The lowest BCUT2D eigenvalue weighted by Gasteiger charge is -2.32. The lowest BCUT2D eigenvalue weighted by atomic mass is 10.2. The summed E-state index contributed by atoms with van der Waals surface area (Å²) in [6.45, 7) is 4.04. The van der Waals surface area contributed by atoms with Crippen molar-refractivity contribution in [3.05, 3.63) is 23.4 Å². The molecule has 0 radical (unpaired) electrons. The minimum absolute atomic E-state index is 0.123. The molecule has 2 aromatic rings. The number of aromatic nitrogens is 2. The molecule has 0 aliphatic carbocycles. The summed E-state index contributed by atoms with van der Waals surface area (Å²) in [5.41, 5.74) is 0. The van der Waals surface area contributed by atoms with Gasteiger partial charge in [0.05, 0.1) is 17.6 Å². The van der Waals surface area contributed by atoms with Crippen LogP contribution in [-0.4, -0.2) is 46.7 Å². The molecule has 0 spiro atoms. The molecule has 7 heteroatoms. The molecule has 0 bridgehead atoms. The van der Waals surface area contributed by atoms with Crippen molar-refractivity contribution in [1.82, 2.24) is 15.0 Å². The fraction of sp³-hybridized carbons (Fsp3) is 0.533. The van der Waals surface area contributed by atoms with Gasteiger partial charge in [0.1, 0.15) is 0 Å². The normalized spacial score (nSPS) is 18.6. The number of rotatable bonds is 5. The zero-order valence-corrected chi connectivity index (χ0v) is 13.3. The van der Waals surface area contributed by atoms with Crippen molar-refractivity contribution in [2.75, 3.05) is 19.7 Å². The van der Waals surface area contributed by atoms with Crippen LogP contribution in [0.5, 0.6) is 0 Å². The smallest absolute Gasteiger partial charge is 0.227 e. The highest BCUT2D eigenvalue weighted by atomic mass is 32.1. The van der Waals surface area contributed by atoms with E-state index >= 15 is 0 Å². The van der Waals surface area contributed by atoms with Gasteiger partial charge >= 0.3 is 0 Å². The van der Waals surface area contributed by atoms with Crippen molar-refractivity contribution in [3.8, 4) is 10.7 Å². The van der Waals surface area contributed by atoms with Crippen molar-refractivity contribution in [2.45, 2.75) is 32.3 Å². The van der Waals surface area contributed by atoms with Crippen molar-refractivity contribution in [2.24, 2.45) is 0 Å². The third-order valence-electron chi connectivity index (χ3n) is 3.71. The van der Waals surface area contributed by atoms with E-state index in [-0.39, 0.29) is 12.0 Å². The van der Waals surface area contributed by atoms with Gasteiger partial charge in [-0.2, -0.15) is 4.98 Å². The predicted molar refractivity (Wildman–Crippen MR) is 82.5 cm³/mol. The van der Waals surface area contributed by atoms with Crippen LogP contribution in [0.15, 0.2) is 22.0 Å². The molecule has 0 aromatic carbocycles. The van der Waals surface area contributed by atoms with E-state index in [4.69, 9.17) is 9.26 Å². The van der Waals surface area contributed by atoms with E-state index in [1.54, 1.807) is 11.3 Å². The van der Waals surface area contributed by atoms with Gasteiger partial charge in [0, 0.05) is 25.9 Å². The van der Waals surface area contributed by atoms with E-state index < -0.39 is 0 Å². The summed E-state index contributed by atoms with van der Waals surface area (Å²) >= 11 is 1.57. The maximum absolute atomic E-state index is 12.3. The van der Waals surface area contributed by atoms with E-state index in [0.29, 0.717) is 44.3 Å². The molecule has 1 saturated heterocycles. The Hall–Kier alpha value is -1.73. The Labute approximate surface area is 133 Å². The molecule has 2 aromatic heterocycles. The first-order valence-corrected chi connectivity index (χ1v) is 8.40. The number of aryl methyl sites for hydroxylation is 1. The van der Waals surface area contributed by atoms with Crippen LogP contribution in [0.25, 0.3) is 10.7 Å². The molecule has 1 amide bonds. The Morgan fingerprint density at radius 1 is 1.55 bits per heavy atom. The zero-order chi connectivity index (χ0) is 15.4. The number of ether oxygens (including phenoxy) is 1. The van der Waals surface area contributed by atoms with Gasteiger partial charge in [0.15, 0.2) is 0 Å². The van der Waals surface area contributed by atoms with Gasteiger partial charge < -0.3 is 14.2 Å². The number of hydrogen-bond donors (Lipinski definition) is 0. The van der Waals surface area contributed by atoms with Crippen LogP contribution in [0, 0.1) is 0 Å². The zero-order valence-electron chi connectivity index (χ0n) is 12.5. The minimum atomic E-state index is 0.123. The lowest BCUT2D eigenvalue weighted by Crippen LogP contribution is -2.45. The van der Waals surface area contributed by atoms with E-state index in [1.165, 1.54) is 0 Å². The van der Waals surface area contributed by atoms with Crippen LogP contribution in [0.2, 0.25) is 0 Å². The number of nitrogens with zero attached hydrogens (tertiary/aromatic N) is 3. The second-order valence-electron chi connectivity index (χ2n) is 5.23. The molecule has 0 N–H and O–H groups in total. The fourth-order valence-corrected chi connectivity index (χ4v) is 3.08. The average molecular weight is 321 g/mol. The summed E-state index contributed by atoms with van der Waals surface area (Å²) < 4.78 is 10.8. The third-order valence-corrected chi connectivity index (χ3v) is 4.58. The van der Waals surface area contributed by atoms with Crippen LogP contribution < -0.4 is 0 Å². The van der Waals surface area contributed by atoms with Crippen molar-refractivity contribution in [1.29, 1.82) is 0 Å². The molecular formula is C15H19N3O3S. The summed E-state index contributed by atoms with van der Waals surface area (Å²) in [5, 5.41) is 5.92. The molecule has 1 fully saturated rings. The monoisotopic (exact) mass is 321 g/mol. The largest absolute Gasteiger partial charge is 0.375 e. The Bertz CT molecular complexity index is 611. The number of carbonyl (C=O) groups excluding carboxylic acids is 1. The van der Waals surface area contributed by atoms with E-state index in [9.17, 15) is 4.79 Å². The Balaban J connectivity index is 1.53. The molecule has 1 aliphatic heterocycles. The van der Waals surface area contributed by atoms with E-state index in [0.717, 1.165) is 11.3 Å². The van der Waals surface area contributed by atoms with Gasteiger partial charge in [-0.15, -0.1) is 11.3 Å². The highest BCUT2D eigenvalue weighted by molar-refractivity contribution is 7.13. The molecule has 1 atom stereocenters. The van der Waals surface area contributed by atoms with Crippen LogP contribution in [0.3, 0.4) is 0 Å². The molecule has 3 heterocycles. The number of hydrogen-bond acceptors (Lipinski definition) is 6. The molecule has 0 saturated carbocycles. The summed E-state index contributed by atoms with van der Waals surface area (Å²) in [6, 6.07) is 3.89. The lowest BCUT2D eigenvalue weighted by molar-refractivity contribution is -0.138. The summed E-state index contributed by atoms with van der Waals surface area (Å²) in [7, 11) is 0. The molecule has 3 rings (SSSR count). The SMILES string of the molecule is CCC1CN(C(=O)CCc2nc(-c3cccs3)no2)CCO1. The predicted octanol–water partition coefficient (Wildman–Crippen LogP) is 2.37. The Morgan fingerprint density at radius 2 is 2.45 bits per heavy atom. The van der Waals surface area contributed by atoms with Gasteiger partial charge in [-0.05, 0) is 17.9 Å². The highest BCUT2D eigenvalue weighted by Gasteiger charge is 2.23. The van der Waals surface area contributed by atoms with Gasteiger partial charge in [-0.25, -0.2) is 0 Å². The summed E-state index contributed by atoms with van der Waals surface area (Å²) in [6.07, 6.45) is 1.96. The van der Waals surface area contributed by atoms with Gasteiger partial charge in [0.2, 0.25) is 17.6 Å². The summed E-state index contributed by atoms with van der Waals surface area (Å²) in [5.74, 6) is 1.23. The highest BCUT2D eigenvalue weighted by Crippen LogP contribution is 2.21. The standard InChI is InChI=1S/C15H19N3O3S/c1-2-11-10-18(7-8-20-11)14(19)6-5-13-16-15(17-21-13)12-4-3-9-22-12/h3-4,9,11H,2,5-8,10H2,1H3. The Kier molecular flexibility index (Phi) is 4.84. The van der Waals surface area contributed by atoms with Crippen molar-refractivity contribution < 1.29 is 14.1 Å². The maximum Gasteiger partial charge on any atom is 0.227 e. The average Bonchev–Trinajstić information content (AvgIpc) is 3.23. The van der Waals surface area contributed by atoms with Crippen molar-refractivity contribution in [3.63, 3.8) is 0 Å². The van der Waals surface area contributed by atoms with Crippen LogP contribution in [0.4, 0.5) is 0 Å². The third kappa shape index (κ3) is 3.53. The summed E-state index contributed by atoms with van der Waals surface area (Å²) in [4.78, 5) is 19.4. The fourth-order valence-electron chi connectivity index (χ4n) is 2.43. The Morgan fingerprint density at radius 3 is 3.23 bits per heavy atom. The number of carbonyl (C=O) groups is 1. The van der Waals surface area contributed by atoms with Crippen LogP contribution in [-0.2, 0) is 16.0 Å². The maximum atomic E-state index is 12.3. The molecule has 6 nitrogen and oxygen atoms in total. The molecule has 22 heavy (non-hydrogen) atoms. The number of amides is 1.